The van der Waals surface area contributed by atoms with E-state index in [1.165, 1.54) is 5.56 Å². The minimum absolute atomic E-state index is 0.393. The molecule has 0 aliphatic heterocycles. The van der Waals surface area contributed by atoms with Crippen LogP contribution in [0.3, 0.4) is 0 Å². The zero-order valence-electron chi connectivity index (χ0n) is 10.7. The third-order valence-electron chi connectivity index (χ3n) is 2.89. The quantitative estimate of drug-likeness (QED) is 0.768. The summed E-state index contributed by atoms with van der Waals surface area (Å²) in [5.41, 5.74) is 8.76. The molecule has 2 rings (SSSR count). The highest BCUT2D eigenvalue weighted by Crippen LogP contribution is 2.21. The molecule has 0 heterocycles. The van der Waals surface area contributed by atoms with Crippen molar-refractivity contribution in [2.24, 2.45) is 5.73 Å². The first kappa shape index (κ1) is 15.3. The summed E-state index contributed by atoms with van der Waals surface area (Å²) in [7, 11) is 0. The highest BCUT2D eigenvalue weighted by Gasteiger charge is 2.03. The molecular weight excluding hydrogens is 356 g/mol. The summed E-state index contributed by atoms with van der Waals surface area (Å²) in [6.07, 6.45) is 0.936. The van der Waals surface area contributed by atoms with Gasteiger partial charge in [0, 0.05) is 27.3 Å². The van der Waals surface area contributed by atoms with Gasteiger partial charge in [-0.25, -0.2) is 0 Å². The maximum absolute atomic E-state index is 5.86. The van der Waals surface area contributed by atoms with Gasteiger partial charge in [0.15, 0.2) is 0 Å². The molecule has 3 N–H and O–H groups in total. The van der Waals surface area contributed by atoms with Gasteiger partial charge in [-0.15, -0.1) is 0 Å². The van der Waals surface area contributed by atoms with E-state index in [0.29, 0.717) is 4.99 Å². The van der Waals surface area contributed by atoms with Gasteiger partial charge in [0.25, 0.3) is 0 Å². The van der Waals surface area contributed by atoms with Gasteiger partial charge in [0.2, 0.25) is 0 Å². The SMILES string of the molecule is NC(=S)c1ccc(NCCc2ccc(Cl)cc2)cc1Br. The fourth-order valence-electron chi connectivity index (χ4n) is 1.83. The molecule has 2 aromatic carbocycles. The monoisotopic (exact) mass is 368 g/mol. The van der Waals surface area contributed by atoms with Crippen LogP contribution in [-0.2, 0) is 6.42 Å². The largest absolute Gasteiger partial charge is 0.389 e. The van der Waals surface area contributed by atoms with Crippen LogP contribution in [0.4, 0.5) is 5.69 Å². The van der Waals surface area contributed by atoms with Crippen molar-refractivity contribution in [1.29, 1.82) is 0 Å². The average Bonchev–Trinajstić information content (AvgIpc) is 2.41. The third kappa shape index (κ3) is 4.20. The Morgan fingerprint density at radius 3 is 2.50 bits per heavy atom. The summed E-state index contributed by atoms with van der Waals surface area (Å²) in [4.78, 5) is 0.393. The second-order valence-electron chi connectivity index (χ2n) is 4.36. The molecule has 0 atom stereocenters. The third-order valence-corrected chi connectivity index (χ3v) is 4.02. The molecule has 2 nitrogen and oxygen atoms in total. The Bertz CT molecular complexity index is 614. The minimum Gasteiger partial charge on any atom is -0.389 e. The van der Waals surface area contributed by atoms with Gasteiger partial charge in [0.1, 0.15) is 4.99 Å². The lowest BCUT2D eigenvalue weighted by Crippen LogP contribution is -2.11. The Morgan fingerprint density at radius 2 is 1.90 bits per heavy atom. The molecule has 0 aliphatic carbocycles. The number of thiocarbonyl (C=S) groups is 1. The van der Waals surface area contributed by atoms with Gasteiger partial charge < -0.3 is 11.1 Å². The minimum atomic E-state index is 0.393. The Kier molecular flexibility index (Phi) is 5.40. The predicted molar refractivity (Wildman–Crippen MR) is 93.7 cm³/mol. The van der Waals surface area contributed by atoms with Gasteiger partial charge in [-0.1, -0.05) is 36.0 Å². The smallest absolute Gasteiger partial charge is 0.105 e. The van der Waals surface area contributed by atoms with Crippen LogP contribution in [0.5, 0.6) is 0 Å². The van der Waals surface area contributed by atoms with Gasteiger partial charge in [-0.3, -0.25) is 0 Å². The fourth-order valence-corrected chi connectivity index (χ4v) is 2.85. The molecule has 0 saturated carbocycles. The van der Waals surface area contributed by atoms with Gasteiger partial charge in [-0.05, 0) is 58.2 Å². The second kappa shape index (κ2) is 7.07. The van der Waals surface area contributed by atoms with E-state index in [1.54, 1.807) is 0 Å². The summed E-state index contributed by atoms with van der Waals surface area (Å²) in [5, 5.41) is 4.13. The lowest BCUT2D eigenvalue weighted by molar-refractivity contribution is 1.02. The van der Waals surface area contributed by atoms with Crippen molar-refractivity contribution in [2.75, 3.05) is 11.9 Å². The van der Waals surface area contributed by atoms with Gasteiger partial charge in [0.05, 0.1) is 0 Å². The van der Waals surface area contributed by atoms with Crippen molar-refractivity contribution in [2.45, 2.75) is 6.42 Å². The van der Waals surface area contributed by atoms with Crippen LogP contribution in [-0.4, -0.2) is 11.5 Å². The summed E-state index contributed by atoms with van der Waals surface area (Å²) in [6.45, 7) is 0.848. The first-order valence-corrected chi connectivity index (χ1v) is 7.72. The zero-order chi connectivity index (χ0) is 14.5. The Labute approximate surface area is 137 Å². The number of hydrogen-bond acceptors (Lipinski definition) is 2. The van der Waals surface area contributed by atoms with Crippen LogP contribution >= 0.6 is 39.7 Å². The van der Waals surface area contributed by atoms with Crippen molar-refractivity contribution in [3.8, 4) is 0 Å². The average molecular weight is 370 g/mol. The highest BCUT2D eigenvalue weighted by atomic mass is 79.9. The first-order chi connectivity index (χ1) is 9.56. The zero-order valence-corrected chi connectivity index (χ0v) is 13.9. The number of rotatable bonds is 5. The number of nitrogens with one attached hydrogen (secondary N) is 1. The van der Waals surface area contributed by atoms with Crippen LogP contribution in [0, 0.1) is 0 Å². The number of halogens is 2. The number of hydrogen-bond donors (Lipinski definition) is 2. The highest BCUT2D eigenvalue weighted by molar-refractivity contribution is 9.10. The molecule has 0 aliphatic rings. The van der Waals surface area contributed by atoms with Crippen molar-refractivity contribution in [3.63, 3.8) is 0 Å². The molecule has 2 aromatic rings. The number of benzene rings is 2. The van der Waals surface area contributed by atoms with Crippen molar-refractivity contribution < 1.29 is 0 Å². The fraction of sp³-hybridized carbons (Fsp3) is 0.133. The van der Waals surface area contributed by atoms with E-state index < -0.39 is 0 Å². The van der Waals surface area contributed by atoms with E-state index in [0.717, 1.165) is 33.7 Å². The molecule has 0 unspecified atom stereocenters. The van der Waals surface area contributed by atoms with Crippen LogP contribution < -0.4 is 11.1 Å². The standard InChI is InChI=1S/C15H14BrClN2S/c16-14-9-12(5-6-13(14)15(18)20)19-8-7-10-1-3-11(17)4-2-10/h1-6,9,19H,7-8H2,(H2,18,20). The summed E-state index contributed by atoms with van der Waals surface area (Å²) >= 11 is 14.3. The lowest BCUT2D eigenvalue weighted by Gasteiger charge is -2.09. The molecule has 0 amide bonds. The second-order valence-corrected chi connectivity index (χ2v) is 6.09. The molecule has 0 aromatic heterocycles. The molecule has 0 bridgehead atoms. The summed E-state index contributed by atoms with van der Waals surface area (Å²) < 4.78 is 0.904. The molecule has 0 fully saturated rings. The van der Waals surface area contributed by atoms with Gasteiger partial charge >= 0.3 is 0 Å². The number of anilines is 1. The van der Waals surface area contributed by atoms with E-state index in [2.05, 4.69) is 21.2 Å². The molecule has 20 heavy (non-hydrogen) atoms. The molecular formula is C15H14BrClN2S. The molecule has 0 spiro atoms. The normalized spacial score (nSPS) is 10.3. The van der Waals surface area contributed by atoms with E-state index in [9.17, 15) is 0 Å². The van der Waals surface area contributed by atoms with Gasteiger partial charge in [-0.2, -0.15) is 0 Å². The van der Waals surface area contributed by atoms with E-state index >= 15 is 0 Å². The lowest BCUT2D eigenvalue weighted by atomic mass is 10.1. The van der Waals surface area contributed by atoms with Crippen LogP contribution in [0.2, 0.25) is 5.02 Å². The molecule has 0 radical (unpaired) electrons. The molecule has 104 valence electrons. The van der Waals surface area contributed by atoms with Crippen molar-refractivity contribution in [1.82, 2.24) is 0 Å². The van der Waals surface area contributed by atoms with Crippen LogP contribution in [0.1, 0.15) is 11.1 Å². The van der Waals surface area contributed by atoms with Crippen LogP contribution in [0.15, 0.2) is 46.9 Å². The summed E-state index contributed by atoms with van der Waals surface area (Å²) in [6, 6.07) is 13.8. The molecule has 5 heteroatoms. The van der Waals surface area contributed by atoms with E-state index in [-0.39, 0.29) is 0 Å². The topological polar surface area (TPSA) is 38.0 Å². The van der Waals surface area contributed by atoms with E-state index in [1.807, 2.05) is 42.5 Å². The summed E-state index contributed by atoms with van der Waals surface area (Å²) in [5.74, 6) is 0. The van der Waals surface area contributed by atoms with Crippen molar-refractivity contribution in [3.05, 3.63) is 63.1 Å². The van der Waals surface area contributed by atoms with Crippen molar-refractivity contribution >= 4 is 50.4 Å². The Hall–Kier alpha value is -1.10. The van der Waals surface area contributed by atoms with E-state index in [4.69, 9.17) is 29.6 Å². The number of nitrogens with two attached hydrogens (primary N) is 1. The van der Waals surface area contributed by atoms with Crippen LogP contribution in [0.25, 0.3) is 0 Å². The first-order valence-electron chi connectivity index (χ1n) is 6.14. The Balaban J connectivity index is 1.92. The maximum atomic E-state index is 5.86. The Morgan fingerprint density at radius 1 is 1.20 bits per heavy atom. The predicted octanol–water partition coefficient (Wildman–Crippen LogP) is 4.39. The molecule has 0 saturated heterocycles. The maximum Gasteiger partial charge on any atom is 0.105 e.